The molecule has 2 fully saturated rings. The highest BCUT2D eigenvalue weighted by Crippen LogP contribution is 2.23. The Morgan fingerprint density at radius 1 is 0.905 bits per heavy atom. The van der Waals surface area contributed by atoms with Crippen LogP contribution in [0.1, 0.15) is 46.0 Å². The quantitative estimate of drug-likeness (QED) is 0.919. The van der Waals surface area contributed by atoms with Gasteiger partial charge in [-0.15, -0.1) is 0 Å². The molecule has 0 aliphatic carbocycles. The minimum atomic E-state index is 0.646. The Balaban J connectivity index is 1.52. The average molecular weight is 287 g/mol. The van der Waals surface area contributed by atoms with E-state index >= 15 is 0 Å². The van der Waals surface area contributed by atoms with Gasteiger partial charge in [-0.1, -0.05) is 24.6 Å². The molecule has 2 saturated heterocycles. The number of piperidine rings is 2. The van der Waals surface area contributed by atoms with E-state index in [4.69, 9.17) is 0 Å². The highest BCUT2D eigenvalue weighted by molar-refractivity contribution is 5.46. The topological polar surface area (TPSA) is 18.5 Å². The van der Waals surface area contributed by atoms with E-state index in [-0.39, 0.29) is 0 Å². The molecule has 3 heteroatoms. The lowest BCUT2D eigenvalue weighted by Gasteiger charge is -2.43. The number of nitrogens with one attached hydrogen (secondary N) is 1. The first-order valence-electron chi connectivity index (χ1n) is 8.58. The molecule has 0 bridgehead atoms. The van der Waals surface area contributed by atoms with Crippen molar-refractivity contribution in [3.05, 3.63) is 30.3 Å². The molecule has 2 unspecified atom stereocenters. The van der Waals surface area contributed by atoms with E-state index < -0.39 is 0 Å². The zero-order valence-electron chi connectivity index (χ0n) is 13.5. The number of hydrogen-bond acceptors (Lipinski definition) is 3. The summed E-state index contributed by atoms with van der Waals surface area (Å²) >= 11 is 0. The predicted molar refractivity (Wildman–Crippen MR) is 89.4 cm³/mol. The van der Waals surface area contributed by atoms with Crippen LogP contribution in [0.3, 0.4) is 0 Å². The van der Waals surface area contributed by atoms with Crippen LogP contribution >= 0.6 is 0 Å². The van der Waals surface area contributed by atoms with Crippen LogP contribution in [0, 0.1) is 0 Å². The first-order chi connectivity index (χ1) is 10.2. The average Bonchev–Trinajstić information content (AvgIpc) is 2.53. The fourth-order valence-corrected chi connectivity index (χ4v) is 3.79. The largest absolute Gasteiger partial charge is 0.371 e. The summed E-state index contributed by atoms with van der Waals surface area (Å²) in [7, 11) is 0. The van der Waals surface area contributed by atoms with E-state index in [1.54, 1.807) is 0 Å². The number of nitrogens with zero attached hydrogens (tertiary/aromatic N) is 2. The van der Waals surface area contributed by atoms with E-state index in [1.807, 2.05) is 0 Å². The molecular weight excluding hydrogens is 258 g/mol. The summed E-state index contributed by atoms with van der Waals surface area (Å²) in [6.07, 6.45) is 6.53. The van der Waals surface area contributed by atoms with Gasteiger partial charge in [0.2, 0.25) is 0 Å². The van der Waals surface area contributed by atoms with Crippen LogP contribution in [-0.2, 0) is 0 Å². The second-order valence-corrected chi connectivity index (χ2v) is 6.76. The van der Waals surface area contributed by atoms with Crippen LogP contribution in [0.25, 0.3) is 0 Å². The Hall–Kier alpha value is -1.06. The number of hydrazine groups is 1. The highest BCUT2D eigenvalue weighted by atomic mass is 15.5. The van der Waals surface area contributed by atoms with Crippen molar-refractivity contribution in [2.24, 2.45) is 0 Å². The molecule has 2 heterocycles. The lowest BCUT2D eigenvalue weighted by Crippen LogP contribution is -2.57. The van der Waals surface area contributed by atoms with Crippen LogP contribution in [-0.4, -0.2) is 36.2 Å². The second kappa shape index (κ2) is 6.80. The lowest BCUT2D eigenvalue weighted by molar-refractivity contribution is 0.0252. The summed E-state index contributed by atoms with van der Waals surface area (Å²) in [5.41, 5.74) is 5.21. The molecule has 0 amide bonds. The molecule has 2 aliphatic rings. The molecule has 0 spiro atoms. The Morgan fingerprint density at radius 2 is 1.52 bits per heavy atom. The van der Waals surface area contributed by atoms with Crippen LogP contribution in [0.2, 0.25) is 0 Å². The van der Waals surface area contributed by atoms with Crippen molar-refractivity contribution in [2.45, 2.75) is 64.1 Å². The molecule has 1 N–H and O–H groups in total. The van der Waals surface area contributed by atoms with E-state index in [1.165, 1.54) is 37.8 Å². The van der Waals surface area contributed by atoms with Crippen molar-refractivity contribution in [1.29, 1.82) is 0 Å². The summed E-state index contributed by atoms with van der Waals surface area (Å²) in [5.74, 6) is 0. The minimum absolute atomic E-state index is 0.646. The van der Waals surface area contributed by atoms with Crippen molar-refractivity contribution < 1.29 is 0 Å². The summed E-state index contributed by atoms with van der Waals surface area (Å²) < 4.78 is 0. The first kappa shape index (κ1) is 14.9. The number of hydrogen-bond donors (Lipinski definition) is 1. The van der Waals surface area contributed by atoms with Crippen molar-refractivity contribution >= 4 is 5.69 Å². The number of para-hydroxylation sites is 1. The van der Waals surface area contributed by atoms with E-state index in [2.05, 4.69) is 59.5 Å². The Morgan fingerprint density at radius 3 is 2.14 bits per heavy atom. The van der Waals surface area contributed by atoms with Gasteiger partial charge in [0.05, 0.1) is 0 Å². The van der Waals surface area contributed by atoms with Crippen molar-refractivity contribution in [1.82, 2.24) is 10.4 Å². The SMILES string of the molecule is CC1CCCC(C)N1NC1CCN(c2ccccc2)CC1. The monoisotopic (exact) mass is 287 g/mol. The predicted octanol–water partition coefficient (Wildman–Crippen LogP) is 3.42. The lowest BCUT2D eigenvalue weighted by atomic mass is 9.99. The summed E-state index contributed by atoms with van der Waals surface area (Å²) in [6, 6.07) is 12.8. The van der Waals surface area contributed by atoms with Crippen LogP contribution < -0.4 is 10.3 Å². The second-order valence-electron chi connectivity index (χ2n) is 6.76. The Bertz CT molecular complexity index is 415. The Kier molecular flexibility index (Phi) is 4.81. The minimum Gasteiger partial charge on any atom is -0.371 e. The maximum absolute atomic E-state index is 3.84. The molecule has 0 saturated carbocycles. The molecule has 3 nitrogen and oxygen atoms in total. The fourth-order valence-electron chi connectivity index (χ4n) is 3.79. The number of anilines is 1. The van der Waals surface area contributed by atoms with Crippen molar-refractivity contribution in [2.75, 3.05) is 18.0 Å². The summed E-state index contributed by atoms with van der Waals surface area (Å²) in [4.78, 5) is 2.52. The number of benzene rings is 1. The number of rotatable bonds is 3. The van der Waals surface area contributed by atoms with Crippen molar-refractivity contribution in [3.8, 4) is 0 Å². The zero-order valence-corrected chi connectivity index (χ0v) is 13.5. The molecule has 2 atom stereocenters. The van der Waals surface area contributed by atoms with Gasteiger partial charge in [-0.25, -0.2) is 5.01 Å². The van der Waals surface area contributed by atoms with Gasteiger partial charge < -0.3 is 4.90 Å². The van der Waals surface area contributed by atoms with E-state index in [0.717, 1.165) is 13.1 Å². The highest BCUT2D eigenvalue weighted by Gasteiger charge is 2.28. The molecule has 1 aromatic carbocycles. The third-order valence-electron chi connectivity index (χ3n) is 5.14. The van der Waals surface area contributed by atoms with E-state index in [0.29, 0.717) is 18.1 Å². The molecule has 2 aliphatic heterocycles. The van der Waals surface area contributed by atoms with Gasteiger partial charge >= 0.3 is 0 Å². The van der Waals surface area contributed by atoms with Gasteiger partial charge in [0.25, 0.3) is 0 Å². The third-order valence-corrected chi connectivity index (χ3v) is 5.14. The maximum atomic E-state index is 3.84. The van der Waals surface area contributed by atoms with Gasteiger partial charge in [0.1, 0.15) is 0 Å². The summed E-state index contributed by atoms with van der Waals surface area (Å²) in [5, 5.41) is 2.53. The molecular formula is C18H29N3. The first-order valence-corrected chi connectivity index (χ1v) is 8.58. The molecule has 116 valence electrons. The molecule has 1 aromatic rings. The third kappa shape index (κ3) is 3.58. The van der Waals surface area contributed by atoms with Gasteiger partial charge in [0, 0.05) is 36.9 Å². The molecule has 3 rings (SSSR count). The zero-order chi connectivity index (χ0) is 14.7. The van der Waals surface area contributed by atoms with Crippen LogP contribution in [0.4, 0.5) is 5.69 Å². The molecule has 0 aromatic heterocycles. The van der Waals surface area contributed by atoms with E-state index in [9.17, 15) is 0 Å². The van der Waals surface area contributed by atoms with Crippen LogP contribution in [0.5, 0.6) is 0 Å². The molecule has 0 radical (unpaired) electrons. The van der Waals surface area contributed by atoms with Gasteiger partial charge in [0.15, 0.2) is 0 Å². The van der Waals surface area contributed by atoms with Crippen LogP contribution in [0.15, 0.2) is 30.3 Å². The molecule has 21 heavy (non-hydrogen) atoms. The van der Waals surface area contributed by atoms with Gasteiger partial charge in [-0.2, -0.15) is 0 Å². The summed E-state index contributed by atoms with van der Waals surface area (Å²) in [6.45, 7) is 7.06. The standard InChI is InChI=1S/C18H29N3/c1-15-7-6-8-16(2)21(15)19-17-11-13-20(14-12-17)18-9-4-3-5-10-18/h3-5,9-10,15-17,19H,6-8,11-14H2,1-2H3. The van der Waals surface area contributed by atoms with Gasteiger partial charge in [-0.3, -0.25) is 5.43 Å². The normalized spacial score (nSPS) is 28.8. The van der Waals surface area contributed by atoms with Gasteiger partial charge in [-0.05, 0) is 51.7 Å². The smallest absolute Gasteiger partial charge is 0.0366 e. The Labute approximate surface area is 129 Å². The maximum Gasteiger partial charge on any atom is 0.0366 e. The fraction of sp³-hybridized carbons (Fsp3) is 0.667. The van der Waals surface area contributed by atoms with Crippen molar-refractivity contribution in [3.63, 3.8) is 0 Å².